The molecule has 4 rings (SSSR count). The molecule has 1 aliphatic rings. The van der Waals surface area contributed by atoms with Crippen LogP contribution < -0.4 is 5.32 Å². The van der Waals surface area contributed by atoms with Crippen molar-refractivity contribution < 1.29 is 14.3 Å². The van der Waals surface area contributed by atoms with Gasteiger partial charge in [-0.25, -0.2) is 4.79 Å². The van der Waals surface area contributed by atoms with E-state index in [4.69, 9.17) is 21.1 Å². The Balaban J connectivity index is 1.90. The third kappa shape index (κ3) is 3.57. The Bertz CT molecular complexity index is 1010. The van der Waals surface area contributed by atoms with Gasteiger partial charge in [0.05, 0.1) is 24.8 Å². The van der Waals surface area contributed by atoms with Crippen molar-refractivity contribution in [2.45, 2.75) is 18.5 Å². The van der Waals surface area contributed by atoms with E-state index in [1.54, 1.807) is 6.92 Å². The largest absolute Gasteiger partial charge is 0.461 e. The Hall–Kier alpha value is -1.86. The Morgan fingerprint density at radius 3 is 2.82 bits per heavy atom. The molecule has 5 nitrogen and oxygen atoms in total. The minimum atomic E-state index is -0.455. The smallest absolute Gasteiger partial charge is 0.355 e. The molecule has 2 unspecified atom stereocenters. The van der Waals surface area contributed by atoms with Crippen LogP contribution in [0.5, 0.6) is 0 Å². The number of carbonyl (C=O) groups is 1. The van der Waals surface area contributed by atoms with Crippen LogP contribution >= 0.6 is 27.5 Å². The van der Waals surface area contributed by atoms with Crippen LogP contribution in [0.2, 0.25) is 0 Å². The molecule has 0 amide bonds. The third-order valence-corrected chi connectivity index (χ3v) is 5.82. The number of hydrogen-bond donors (Lipinski definition) is 1. The molecule has 2 aromatic carbocycles. The van der Waals surface area contributed by atoms with E-state index < -0.39 is 5.56 Å². The molecule has 146 valence electrons. The molecular weight excluding hydrogens is 444 g/mol. The van der Waals surface area contributed by atoms with E-state index in [0.717, 1.165) is 33.2 Å². The molecule has 1 aliphatic heterocycles. The van der Waals surface area contributed by atoms with Gasteiger partial charge < -0.3 is 19.4 Å². The molecule has 28 heavy (non-hydrogen) atoms. The SMILES string of the molecule is CCOC(=O)c1cc2cc(C3NCCOC3Cl)c(Br)cc2n1-c1ccccc1. The van der Waals surface area contributed by atoms with E-state index in [2.05, 4.69) is 21.2 Å². The standard InChI is InChI=1S/C21H20BrClN2O3/c1-2-27-21(26)18-11-13-10-15(19-20(23)28-9-8-24-19)16(22)12-17(13)25(18)14-6-4-3-5-7-14/h3-7,10-12,19-20,24H,2,8-9H2,1H3. The van der Waals surface area contributed by atoms with Crippen LogP contribution in [0.25, 0.3) is 16.6 Å². The lowest BCUT2D eigenvalue weighted by atomic mass is 10.0. The summed E-state index contributed by atoms with van der Waals surface area (Å²) in [5, 5.41) is 4.33. The maximum atomic E-state index is 12.6. The maximum absolute atomic E-state index is 12.6. The number of ether oxygens (including phenoxy) is 2. The first-order chi connectivity index (χ1) is 13.6. The highest BCUT2D eigenvalue weighted by molar-refractivity contribution is 9.10. The van der Waals surface area contributed by atoms with Crippen LogP contribution in [0.4, 0.5) is 0 Å². The van der Waals surface area contributed by atoms with E-state index >= 15 is 0 Å². The molecule has 0 spiro atoms. The minimum Gasteiger partial charge on any atom is -0.461 e. The zero-order valence-electron chi connectivity index (χ0n) is 15.3. The lowest BCUT2D eigenvalue weighted by Gasteiger charge is -2.29. The van der Waals surface area contributed by atoms with Crippen molar-refractivity contribution in [3.8, 4) is 5.69 Å². The van der Waals surface area contributed by atoms with Crippen LogP contribution in [-0.2, 0) is 9.47 Å². The molecule has 0 saturated carbocycles. The van der Waals surface area contributed by atoms with Crippen molar-refractivity contribution in [3.05, 3.63) is 64.3 Å². The number of nitrogens with zero attached hydrogens (tertiary/aromatic N) is 1. The number of alkyl halides is 1. The number of fused-ring (bicyclic) bond motifs is 1. The number of esters is 1. The van der Waals surface area contributed by atoms with Gasteiger partial charge in [-0.3, -0.25) is 0 Å². The summed E-state index contributed by atoms with van der Waals surface area (Å²) < 4.78 is 13.7. The fourth-order valence-corrected chi connectivity index (χ4v) is 4.41. The first-order valence-corrected chi connectivity index (χ1v) is 10.4. The molecule has 2 heterocycles. The number of halogens is 2. The van der Waals surface area contributed by atoms with E-state index in [0.29, 0.717) is 18.9 Å². The number of rotatable bonds is 4. The fraction of sp³-hybridized carbons (Fsp3) is 0.286. The first kappa shape index (κ1) is 19.5. The van der Waals surface area contributed by atoms with Crippen molar-refractivity contribution in [1.29, 1.82) is 0 Å². The van der Waals surface area contributed by atoms with Gasteiger partial charge in [-0.15, -0.1) is 0 Å². The molecule has 3 aromatic rings. The summed E-state index contributed by atoms with van der Waals surface area (Å²) >= 11 is 10.1. The van der Waals surface area contributed by atoms with E-state index in [1.807, 2.05) is 53.1 Å². The average molecular weight is 464 g/mol. The van der Waals surface area contributed by atoms with Gasteiger partial charge in [-0.05, 0) is 42.8 Å². The zero-order valence-corrected chi connectivity index (χ0v) is 17.7. The summed E-state index contributed by atoms with van der Waals surface area (Å²) in [7, 11) is 0. The molecule has 7 heteroatoms. The average Bonchev–Trinajstić information content (AvgIpc) is 3.07. The summed E-state index contributed by atoms with van der Waals surface area (Å²) in [6, 6.07) is 15.6. The molecular formula is C21H20BrClN2O3. The number of nitrogens with one attached hydrogen (secondary N) is 1. The fourth-order valence-electron chi connectivity index (χ4n) is 3.52. The second-order valence-corrected chi connectivity index (χ2v) is 7.79. The lowest BCUT2D eigenvalue weighted by Crippen LogP contribution is -2.39. The topological polar surface area (TPSA) is 52.5 Å². The van der Waals surface area contributed by atoms with Crippen molar-refractivity contribution in [2.24, 2.45) is 0 Å². The number of carbonyl (C=O) groups excluding carboxylic acids is 1. The molecule has 0 aliphatic carbocycles. The summed E-state index contributed by atoms with van der Waals surface area (Å²) in [5.41, 5.74) is 2.83. The Labute approximate surface area is 176 Å². The highest BCUT2D eigenvalue weighted by Crippen LogP contribution is 2.36. The van der Waals surface area contributed by atoms with E-state index in [-0.39, 0.29) is 12.0 Å². The van der Waals surface area contributed by atoms with Crippen LogP contribution in [0, 0.1) is 0 Å². The molecule has 2 atom stereocenters. The Morgan fingerprint density at radius 2 is 2.11 bits per heavy atom. The quantitative estimate of drug-likeness (QED) is 0.446. The second kappa shape index (κ2) is 8.25. The van der Waals surface area contributed by atoms with Gasteiger partial charge in [0.1, 0.15) is 5.69 Å². The van der Waals surface area contributed by atoms with Gasteiger partial charge in [0.25, 0.3) is 0 Å². The van der Waals surface area contributed by atoms with Crippen LogP contribution in [0.15, 0.2) is 53.0 Å². The van der Waals surface area contributed by atoms with Crippen molar-refractivity contribution in [2.75, 3.05) is 19.8 Å². The molecule has 0 bridgehead atoms. The number of benzene rings is 2. The summed E-state index contributed by atoms with van der Waals surface area (Å²) in [6.07, 6.45) is 0. The molecule has 1 saturated heterocycles. The van der Waals surface area contributed by atoms with Gasteiger partial charge in [0.2, 0.25) is 0 Å². The molecule has 1 aromatic heterocycles. The van der Waals surface area contributed by atoms with Crippen LogP contribution in [-0.4, -0.2) is 35.9 Å². The van der Waals surface area contributed by atoms with E-state index in [1.165, 1.54) is 0 Å². The van der Waals surface area contributed by atoms with Gasteiger partial charge in [-0.2, -0.15) is 0 Å². The molecule has 1 fully saturated rings. The van der Waals surface area contributed by atoms with Crippen molar-refractivity contribution in [3.63, 3.8) is 0 Å². The summed E-state index contributed by atoms with van der Waals surface area (Å²) in [6.45, 7) is 3.44. The molecule has 0 radical (unpaired) electrons. The number of morpholine rings is 1. The predicted octanol–water partition coefficient (Wildman–Crippen LogP) is 4.80. The summed E-state index contributed by atoms with van der Waals surface area (Å²) in [4.78, 5) is 12.6. The number of para-hydroxylation sites is 1. The van der Waals surface area contributed by atoms with Crippen molar-refractivity contribution >= 4 is 44.4 Å². The minimum absolute atomic E-state index is 0.139. The van der Waals surface area contributed by atoms with Crippen molar-refractivity contribution in [1.82, 2.24) is 9.88 Å². The van der Waals surface area contributed by atoms with Gasteiger partial charge in [-0.1, -0.05) is 45.7 Å². The number of aromatic nitrogens is 1. The maximum Gasteiger partial charge on any atom is 0.355 e. The Morgan fingerprint density at radius 1 is 1.32 bits per heavy atom. The van der Waals surface area contributed by atoms with Crippen LogP contribution in [0.3, 0.4) is 0 Å². The highest BCUT2D eigenvalue weighted by Gasteiger charge is 2.28. The van der Waals surface area contributed by atoms with Gasteiger partial charge in [0, 0.05) is 22.1 Å². The Kier molecular flexibility index (Phi) is 5.73. The zero-order chi connectivity index (χ0) is 19.7. The second-order valence-electron chi connectivity index (χ2n) is 6.51. The van der Waals surface area contributed by atoms with E-state index in [9.17, 15) is 4.79 Å². The normalized spacial score (nSPS) is 19.7. The third-order valence-electron chi connectivity index (χ3n) is 4.76. The summed E-state index contributed by atoms with van der Waals surface area (Å²) in [5.74, 6) is -0.352. The monoisotopic (exact) mass is 462 g/mol. The highest BCUT2D eigenvalue weighted by atomic mass is 79.9. The van der Waals surface area contributed by atoms with Gasteiger partial charge >= 0.3 is 5.97 Å². The molecule has 1 N–H and O–H groups in total. The lowest BCUT2D eigenvalue weighted by molar-refractivity contribution is 0.0472. The van der Waals surface area contributed by atoms with Crippen LogP contribution in [0.1, 0.15) is 29.0 Å². The van der Waals surface area contributed by atoms with Gasteiger partial charge in [0.15, 0.2) is 5.56 Å². The first-order valence-electron chi connectivity index (χ1n) is 9.16. The predicted molar refractivity (Wildman–Crippen MR) is 113 cm³/mol. The number of hydrogen-bond acceptors (Lipinski definition) is 4.